The van der Waals surface area contributed by atoms with Gasteiger partial charge in [-0.25, -0.2) is 4.79 Å². The van der Waals surface area contributed by atoms with Gasteiger partial charge in [0.05, 0.1) is 5.56 Å². The second kappa shape index (κ2) is 4.74. The third-order valence-corrected chi connectivity index (χ3v) is 5.25. The molecule has 4 bridgehead atoms. The number of ether oxygens (including phenoxy) is 1. The molecule has 5 rings (SSSR count). The van der Waals surface area contributed by atoms with Gasteiger partial charge >= 0.3 is 5.97 Å². The number of nitrogens with zero attached hydrogens (tertiary/aromatic N) is 1. The second-order valence-electron chi connectivity index (χ2n) is 6.46. The summed E-state index contributed by atoms with van der Waals surface area (Å²) in [5.74, 6) is 1.98. The normalized spacial score (nSPS) is 38.0. The standard InChI is InChI=1S/C16H18ClNO2/c17-14-3-1-12(2-4-14)16(19)20-15-13-6-10-5-11(7-13)9-18(15)8-10/h1-4,10-11,13,15H,5-9H2/t10-,11-,15-/m1/s1. The number of esters is 1. The fourth-order valence-electron chi connectivity index (χ4n) is 4.33. The molecule has 0 spiro atoms. The van der Waals surface area contributed by atoms with E-state index in [1.165, 1.54) is 19.3 Å². The zero-order valence-electron chi connectivity index (χ0n) is 11.3. The summed E-state index contributed by atoms with van der Waals surface area (Å²) in [5.41, 5.74) is 0.587. The minimum atomic E-state index is -0.223. The van der Waals surface area contributed by atoms with Crippen molar-refractivity contribution in [3.05, 3.63) is 34.9 Å². The average molecular weight is 292 g/mol. The molecule has 106 valence electrons. The van der Waals surface area contributed by atoms with Crippen LogP contribution in [0.2, 0.25) is 5.02 Å². The highest BCUT2D eigenvalue weighted by Gasteiger charge is 2.48. The molecule has 0 N–H and O–H groups in total. The molecule has 3 saturated heterocycles. The summed E-state index contributed by atoms with van der Waals surface area (Å²) in [6.45, 7) is 2.21. The van der Waals surface area contributed by atoms with Gasteiger partial charge in [-0.1, -0.05) is 11.6 Å². The molecule has 20 heavy (non-hydrogen) atoms. The van der Waals surface area contributed by atoms with Crippen molar-refractivity contribution in [1.82, 2.24) is 4.90 Å². The van der Waals surface area contributed by atoms with E-state index in [0.717, 1.165) is 24.9 Å². The largest absolute Gasteiger partial charge is 0.442 e. The van der Waals surface area contributed by atoms with Crippen LogP contribution < -0.4 is 0 Å². The SMILES string of the molecule is O=C(O[C@@H]1C2C[C@H]3C[C@H](C2)CN1C3)c1ccc(Cl)cc1. The lowest BCUT2D eigenvalue weighted by molar-refractivity contribution is -0.159. The highest BCUT2D eigenvalue weighted by atomic mass is 35.5. The van der Waals surface area contributed by atoms with Gasteiger partial charge in [0.25, 0.3) is 0 Å². The summed E-state index contributed by atoms with van der Waals surface area (Å²) in [4.78, 5) is 14.6. The van der Waals surface area contributed by atoms with Crippen LogP contribution >= 0.6 is 11.6 Å². The topological polar surface area (TPSA) is 29.5 Å². The first-order valence-corrected chi connectivity index (χ1v) is 7.77. The highest BCUT2D eigenvalue weighted by molar-refractivity contribution is 6.30. The Morgan fingerprint density at radius 2 is 1.75 bits per heavy atom. The molecule has 1 saturated carbocycles. The van der Waals surface area contributed by atoms with Crippen molar-refractivity contribution in [3.63, 3.8) is 0 Å². The smallest absolute Gasteiger partial charge is 0.339 e. The number of hydrogen-bond acceptors (Lipinski definition) is 3. The summed E-state index contributed by atoms with van der Waals surface area (Å²) in [6, 6.07) is 6.93. The first-order chi connectivity index (χ1) is 9.69. The maximum absolute atomic E-state index is 12.3. The van der Waals surface area contributed by atoms with Crippen LogP contribution in [0.25, 0.3) is 0 Å². The van der Waals surface area contributed by atoms with Crippen LogP contribution in [0.4, 0.5) is 0 Å². The first-order valence-electron chi connectivity index (χ1n) is 7.39. The molecule has 4 aliphatic rings. The van der Waals surface area contributed by atoms with Gasteiger partial charge in [-0.05, 0) is 55.4 Å². The maximum atomic E-state index is 12.3. The van der Waals surface area contributed by atoms with Crippen molar-refractivity contribution in [2.24, 2.45) is 17.8 Å². The zero-order chi connectivity index (χ0) is 13.7. The van der Waals surface area contributed by atoms with E-state index >= 15 is 0 Å². The molecule has 0 aromatic heterocycles. The molecule has 0 radical (unpaired) electrons. The summed E-state index contributed by atoms with van der Waals surface area (Å²) >= 11 is 5.85. The Balaban J connectivity index is 1.49. The van der Waals surface area contributed by atoms with Gasteiger partial charge in [-0.2, -0.15) is 0 Å². The van der Waals surface area contributed by atoms with E-state index in [2.05, 4.69) is 4.90 Å². The van der Waals surface area contributed by atoms with E-state index in [9.17, 15) is 4.79 Å². The van der Waals surface area contributed by atoms with Gasteiger partial charge in [0.2, 0.25) is 0 Å². The van der Waals surface area contributed by atoms with E-state index in [-0.39, 0.29) is 12.2 Å². The van der Waals surface area contributed by atoms with Crippen LogP contribution in [0.3, 0.4) is 0 Å². The Kier molecular flexibility index (Phi) is 3.00. The number of halogens is 1. The molecular formula is C16H18ClNO2. The third-order valence-electron chi connectivity index (χ3n) is 5.00. The Labute approximate surface area is 123 Å². The van der Waals surface area contributed by atoms with Crippen molar-refractivity contribution in [1.29, 1.82) is 0 Å². The summed E-state index contributed by atoms with van der Waals surface area (Å²) in [6.07, 6.45) is 3.83. The molecule has 0 amide bonds. The van der Waals surface area contributed by atoms with Crippen molar-refractivity contribution in [2.45, 2.75) is 25.5 Å². The predicted molar refractivity (Wildman–Crippen MR) is 76.5 cm³/mol. The molecule has 1 aromatic rings. The van der Waals surface area contributed by atoms with Crippen LogP contribution in [-0.2, 0) is 4.74 Å². The molecular weight excluding hydrogens is 274 g/mol. The Morgan fingerprint density at radius 1 is 1.10 bits per heavy atom. The summed E-state index contributed by atoms with van der Waals surface area (Å²) in [5, 5.41) is 0.639. The molecule has 1 aromatic carbocycles. The van der Waals surface area contributed by atoms with Crippen LogP contribution in [0.15, 0.2) is 24.3 Å². The van der Waals surface area contributed by atoms with Gasteiger partial charge in [0.1, 0.15) is 0 Å². The molecule has 0 unspecified atom stereocenters. The lowest BCUT2D eigenvalue weighted by atomic mass is 9.67. The van der Waals surface area contributed by atoms with E-state index in [1.807, 2.05) is 0 Å². The third kappa shape index (κ3) is 2.13. The number of carbonyl (C=O) groups excluding carboxylic acids is 1. The van der Waals surface area contributed by atoms with Gasteiger partial charge < -0.3 is 4.74 Å². The van der Waals surface area contributed by atoms with E-state index in [1.54, 1.807) is 24.3 Å². The fraction of sp³-hybridized carbons (Fsp3) is 0.562. The van der Waals surface area contributed by atoms with E-state index in [0.29, 0.717) is 16.5 Å². The molecule has 4 fully saturated rings. The fourth-order valence-corrected chi connectivity index (χ4v) is 4.45. The summed E-state index contributed by atoms with van der Waals surface area (Å²) < 4.78 is 5.80. The number of hydrogen-bond donors (Lipinski definition) is 0. The molecule has 3 atom stereocenters. The molecule has 3 heterocycles. The quantitative estimate of drug-likeness (QED) is 0.784. The second-order valence-corrected chi connectivity index (χ2v) is 6.89. The molecule has 4 heteroatoms. The van der Waals surface area contributed by atoms with Gasteiger partial charge in [0.15, 0.2) is 6.23 Å². The maximum Gasteiger partial charge on any atom is 0.339 e. The highest BCUT2D eigenvalue weighted by Crippen LogP contribution is 2.46. The van der Waals surface area contributed by atoms with Gasteiger partial charge in [0, 0.05) is 24.0 Å². The van der Waals surface area contributed by atoms with Crippen molar-refractivity contribution in [3.8, 4) is 0 Å². The number of piperidine rings is 3. The lowest BCUT2D eigenvalue weighted by Gasteiger charge is -2.55. The monoisotopic (exact) mass is 291 g/mol. The first kappa shape index (κ1) is 12.7. The molecule has 3 aliphatic heterocycles. The van der Waals surface area contributed by atoms with Crippen molar-refractivity contribution in [2.75, 3.05) is 13.1 Å². The Bertz CT molecular complexity index is 500. The molecule has 3 nitrogen and oxygen atoms in total. The van der Waals surface area contributed by atoms with Crippen LogP contribution in [-0.4, -0.2) is 30.2 Å². The summed E-state index contributed by atoms with van der Waals surface area (Å²) in [7, 11) is 0. The minimum absolute atomic E-state index is 0.00835. The van der Waals surface area contributed by atoms with E-state index < -0.39 is 0 Å². The Hall–Kier alpha value is -1.06. The number of carbonyl (C=O) groups is 1. The van der Waals surface area contributed by atoms with Crippen molar-refractivity contribution < 1.29 is 9.53 Å². The van der Waals surface area contributed by atoms with E-state index in [4.69, 9.17) is 16.3 Å². The van der Waals surface area contributed by atoms with Gasteiger partial charge in [-0.3, -0.25) is 4.90 Å². The van der Waals surface area contributed by atoms with Crippen LogP contribution in [0, 0.1) is 17.8 Å². The predicted octanol–water partition coefficient (Wildman–Crippen LogP) is 3.18. The number of rotatable bonds is 2. The molecule has 1 aliphatic carbocycles. The van der Waals surface area contributed by atoms with Crippen molar-refractivity contribution >= 4 is 17.6 Å². The average Bonchev–Trinajstić information content (AvgIpc) is 2.42. The number of benzene rings is 1. The van der Waals surface area contributed by atoms with Crippen LogP contribution in [0.1, 0.15) is 29.6 Å². The van der Waals surface area contributed by atoms with Gasteiger partial charge in [-0.15, -0.1) is 0 Å². The Morgan fingerprint density at radius 3 is 2.35 bits per heavy atom. The van der Waals surface area contributed by atoms with Crippen LogP contribution in [0.5, 0.6) is 0 Å². The lowest BCUT2D eigenvalue weighted by Crippen LogP contribution is -2.60. The zero-order valence-corrected chi connectivity index (χ0v) is 12.1. The minimum Gasteiger partial charge on any atom is -0.442 e.